The van der Waals surface area contributed by atoms with Gasteiger partial charge in [-0.25, -0.2) is 0 Å². The van der Waals surface area contributed by atoms with Gasteiger partial charge in [0.15, 0.2) is 0 Å². The summed E-state index contributed by atoms with van der Waals surface area (Å²) in [6, 6.07) is 15.4. The van der Waals surface area contributed by atoms with E-state index in [1.807, 2.05) is 42.5 Å². The molecule has 0 unspecified atom stereocenters. The predicted molar refractivity (Wildman–Crippen MR) is 77.2 cm³/mol. The Kier molecular flexibility index (Phi) is 3.02. The first-order valence-corrected chi connectivity index (χ1v) is 6.18. The summed E-state index contributed by atoms with van der Waals surface area (Å²) in [5.74, 6) is 0.310. The highest BCUT2D eigenvalue weighted by Gasteiger charge is 2.03. The zero-order valence-electron chi connectivity index (χ0n) is 10.4. The summed E-state index contributed by atoms with van der Waals surface area (Å²) in [6.45, 7) is 0.733. The third kappa shape index (κ3) is 2.36. The molecular weight excluding hydrogens is 236 g/mol. The molecule has 0 aliphatic rings. The fourth-order valence-corrected chi connectivity index (χ4v) is 2.15. The Balaban J connectivity index is 1.91. The first-order valence-electron chi connectivity index (χ1n) is 6.18. The number of benzene rings is 2. The second-order valence-electron chi connectivity index (χ2n) is 4.39. The van der Waals surface area contributed by atoms with Crippen LogP contribution in [0.1, 0.15) is 5.56 Å². The molecule has 2 N–H and O–H groups in total. The van der Waals surface area contributed by atoms with Crippen LogP contribution in [0.25, 0.3) is 10.8 Å². The van der Waals surface area contributed by atoms with E-state index in [0.717, 1.165) is 23.0 Å². The number of nitrogens with zero attached hydrogens (tertiary/aromatic N) is 1. The normalized spacial score (nSPS) is 10.5. The predicted octanol–water partition coefficient (Wildman–Crippen LogP) is 3.55. The largest absolute Gasteiger partial charge is 0.507 e. The number of aromatic nitrogens is 1. The number of fused-ring (bicyclic) bond motifs is 1. The van der Waals surface area contributed by atoms with Crippen molar-refractivity contribution in [1.29, 1.82) is 0 Å². The lowest BCUT2D eigenvalue weighted by molar-refractivity contribution is 0.481. The van der Waals surface area contributed by atoms with Gasteiger partial charge in [0, 0.05) is 35.4 Å². The van der Waals surface area contributed by atoms with Crippen LogP contribution in [0.4, 0.5) is 5.69 Å². The van der Waals surface area contributed by atoms with Gasteiger partial charge in [0.05, 0.1) is 0 Å². The number of rotatable bonds is 3. The van der Waals surface area contributed by atoms with Gasteiger partial charge in [-0.2, -0.15) is 0 Å². The molecular formula is C16H14N2O. The van der Waals surface area contributed by atoms with Crippen molar-refractivity contribution in [2.45, 2.75) is 6.54 Å². The SMILES string of the molecule is Oc1cccc2c(NCc3ccncc3)cccc12. The summed E-state index contributed by atoms with van der Waals surface area (Å²) in [5.41, 5.74) is 2.19. The third-order valence-electron chi connectivity index (χ3n) is 3.13. The van der Waals surface area contributed by atoms with Gasteiger partial charge >= 0.3 is 0 Å². The standard InChI is InChI=1S/C16H14N2O/c19-16-6-2-3-13-14(16)4-1-5-15(13)18-11-12-7-9-17-10-8-12/h1-10,18-19H,11H2. The molecule has 3 nitrogen and oxygen atoms in total. The summed E-state index contributed by atoms with van der Waals surface area (Å²) in [4.78, 5) is 4.00. The maximum absolute atomic E-state index is 9.84. The number of hydrogen-bond acceptors (Lipinski definition) is 3. The molecule has 94 valence electrons. The Labute approximate surface area is 111 Å². The summed E-state index contributed by atoms with van der Waals surface area (Å²) < 4.78 is 0. The molecule has 0 aliphatic heterocycles. The van der Waals surface area contributed by atoms with E-state index in [0.29, 0.717) is 5.75 Å². The van der Waals surface area contributed by atoms with Crippen molar-refractivity contribution in [1.82, 2.24) is 4.98 Å². The van der Waals surface area contributed by atoms with Gasteiger partial charge in [-0.1, -0.05) is 24.3 Å². The third-order valence-corrected chi connectivity index (χ3v) is 3.13. The molecule has 3 heteroatoms. The summed E-state index contributed by atoms with van der Waals surface area (Å²) in [6.07, 6.45) is 3.57. The highest BCUT2D eigenvalue weighted by Crippen LogP contribution is 2.29. The van der Waals surface area contributed by atoms with E-state index in [9.17, 15) is 5.11 Å². The molecule has 0 amide bonds. The smallest absolute Gasteiger partial charge is 0.123 e. The van der Waals surface area contributed by atoms with E-state index in [1.54, 1.807) is 18.5 Å². The average molecular weight is 250 g/mol. The highest BCUT2D eigenvalue weighted by atomic mass is 16.3. The molecule has 2 aromatic carbocycles. The second-order valence-corrected chi connectivity index (χ2v) is 4.39. The average Bonchev–Trinajstić information content (AvgIpc) is 2.47. The second kappa shape index (κ2) is 4.98. The van der Waals surface area contributed by atoms with Crippen molar-refractivity contribution in [3.05, 3.63) is 66.5 Å². The lowest BCUT2D eigenvalue weighted by atomic mass is 10.1. The van der Waals surface area contributed by atoms with Gasteiger partial charge in [-0.15, -0.1) is 0 Å². The van der Waals surface area contributed by atoms with Gasteiger partial charge < -0.3 is 10.4 Å². The molecule has 0 aliphatic carbocycles. The van der Waals surface area contributed by atoms with Crippen LogP contribution in [0.5, 0.6) is 5.75 Å². The van der Waals surface area contributed by atoms with Crippen LogP contribution in [-0.2, 0) is 6.54 Å². The van der Waals surface area contributed by atoms with Crippen LogP contribution in [0.2, 0.25) is 0 Å². The number of pyridine rings is 1. The Morgan fingerprint density at radius 3 is 2.47 bits per heavy atom. The van der Waals surface area contributed by atoms with Crippen molar-refractivity contribution < 1.29 is 5.11 Å². The number of anilines is 1. The number of hydrogen-bond donors (Lipinski definition) is 2. The number of nitrogens with one attached hydrogen (secondary N) is 1. The minimum absolute atomic E-state index is 0.310. The number of phenols is 1. The molecule has 0 saturated heterocycles. The molecule has 1 heterocycles. The first kappa shape index (κ1) is 11.5. The monoisotopic (exact) mass is 250 g/mol. The van der Waals surface area contributed by atoms with Gasteiger partial charge in [0.2, 0.25) is 0 Å². The van der Waals surface area contributed by atoms with Crippen LogP contribution < -0.4 is 5.32 Å². The zero-order chi connectivity index (χ0) is 13.1. The van der Waals surface area contributed by atoms with Gasteiger partial charge in [-0.3, -0.25) is 4.98 Å². The van der Waals surface area contributed by atoms with Crippen LogP contribution >= 0.6 is 0 Å². The Bertz CT molecular complexity index is 695. The van der Waals surface area contributed by atoms with Gasteiger partial charge in [0.25, 0.3) is 0 Å². The minimum Gasteiger partial charge on any atom is -0.507 e. The van der Waals surface area contributed by atoms with Crippen LogP contribution in [0.3, 0.4) is 0 Å². The topological polar surface area (TPSA) is 45.1 Å². The van der Waals surface area contributed by atoms with Crippen LogP contribution in [-0.4, -0.2) is 10.1 Å². The van der Waals surface area contributed by atoms with Crippen molar-refractivity contribution in [3.63, 3.8) is 0 Å². The Hall–Kier alpha value is -2.55. The van der Waals surface area contributed by atoms with E-state index in [2.05, 4.69) is 10.3 Å². The van der Waals surface area contributed by atoms with Crippen LogP contribution in [0.15, 0.2) is 60.9 Å². The fourth-order valence-electron chi connectivity index (χ4n) is 2.15. The minimum atomic E-state index is 0.310. The van der Waals surface area contributed by atoms with E-state index >= 15 is 0 Å². The summed E-state index contributed by atoms with van der Waals surface area (Å²) in [5, 5.41) is 15.1. The molecule has 3 rings (SSSR count). The Morgan fingerprint density at radius 1 is 0.895 bits per heavy atom. The Morgan fingerprint density at radius 2 is 1.63 bits per heavy atom. The van der Waals surface area contributed by atoms with Crippen molar-refractivity contribution in [2.75, 3.05) is 5.32 Å². The number of aromatic hydroxyl groups is 1. The van der Waals surface area contributed by atoms with Crippen molar-refractivity contribution >= 4 is 16.5 Å². The maximum atomic E-state index is 9.84. The van der Waals surface area contributed by atoms with Crippen molar-refractivity contribution in [2.24, 2.45) is 0 Å². The molecule has 0 bridgehead atoms. The van der Waals surface area contributed by atoms with Crippen molar-refractivity contribution in [3.8, 4) is 5.75 Å². The van der Waals surface area contributed by atoms with Gasteiger partial charge in [-0.05, 0) is 29.8 Å². The molecule has 0 atom stereocenters. The highest BCUT2D eigenvalue weighted by molar-refractivity contribution is 5.97. The first-order chi connectivity index (χ1) is 9.34. The quantitative estimate of drug-likeness (QED) is 0.747. The molecule has 19 heavy (non-hydrogen) atoms. The zero-order valence-corrected chi connectivity index (χ0v) is 10.4. The summed E-state index contributed by atoms with van der Waals surface area (Å²) in [7, 11) is 0. The molecule has 0 saturated carbocycles. The summed E-state index contributed by atoms with van der Waals surface area (Å²) >= 11 is 0. The molecule has 0 radical (unpaired) electrons. The maximum Gasteiger partial charge on any atom is 0.123 e. The van der Waals surface area contributed by atoms with E-state index in [4.69, 9.17) is 0 Å². The van der Waals surface area contributed by atoms with E-state index in [-0.39, 0.29) is 0 Å². The van der Waals surface area contributed by atoms with Gasteiger partial charge in [0.1, 0.15) is 5.75 Å². The molecule has 3 aromatic rings. The molecule has 0 fully saturated rings. The lowest BCUT2D eigenvalue weighted by Gasteiger charge is -2.10. The number of phenolic OH excluding ortho intramolecular Hbond substituents is 1. The molecule has 0 spiro atoms. The fraction of sp³-hybridized carbons (Fsp3) is 0.0625. The van der Waals surface area contributed by atoms with E-state index in [1.165, 1.54) is 5.56 Å². The van der Waals surface area contributed by atoms with E-state index < -0.39 is 0 Å². The lowest BCUT2D eigenvalue weighted by Crippen LogP contribution is -1.99. The van der Waals surface area contributed by atoms with Crippen LogP contribution in [0, 0.1) is 0 Å². The molecule has 1 aromatic heterocycles.